The van der Waals surface area contributed by atoms with Gasteiger partial charge in [0.25, 0.3) is 0 Å². The van der Waals surface area contributed by atoms with Gasteiger partial charge >= 0.3 is 0 Å². The summed E-state index contributed by atoms with van der Waals surface area (Å²) >= 11 is 0. The molecule has 0 amide bonds. The number of allylic oxidation sites excluding steroid dienone is 2. The van der Waals surface area contributed by atoms with E-state index in [9.17, 15) is 0 Å². The van der Waals surface area contributed by atoms with Crippen molar-refractivity contribution in [1.82, 2.24) is 0 Å². The molecule has 0 bridgehead atoms. The molecule has 0 aliphatic heterocycles. The minimum absolute atomic E-state index is 0.108. The van der Waals surface area contributed by atoms with Crippen LogP contribution in [0.3, 0.4) is 0 Å². The lowest BCUT2D eigenvalue weighted by molar-refractivity contribution is 0.125. The molecule has 1 aliphatic rings. The zero-order valence-corrected chi connectivity index (χ0v) is 25.0. The van der Waals surface area contributed by atoms with E-state index in [4.69, 9.17) is 0 Å². The van der Waals surface area contributed by atoms with E-state index in [2.05, 4.69) is 164 Å². The van der Waals surface area contributed by atoms with Gasteiger partial charge in [0.2, 0.25) is 0 Å². The first kappa shape index (κ1) is 26.6. The molecule has 38 heavy (non-hydrogen) atoms. The van der Waals surface area contributed by atoms with Crippen molar-refractivity contribution in [3.8, 4) is 0 Å². The van der Waals surface area contributed by atoms with Crippen LogP contribution in [0.4, 0.5) is 0 Å². The Morgan fingerprint density at radius 3 is 1.45 bits per heavy atom. The minimum Gasteiger partial charge on any atom is -0.0620 e. The van der Waals surface area contributed by atoms with Crippen LogP contribution >= 0.6 is 7.26 Å². The first-order valence-electron chi connectivity index (χ1n) is 13.9. The van der Waals surface area contributed by atoms with Crippen LogP contribution in [0.25, 0.3) is 5.57 Å². The SMILES string of the molecule is C/C(=C\C[P+](c1ccccc1)(c1ccccc1)c1ccccc1)c1ccc2c(c1)C(C)(C)C(C)(C)C2(C)C. The van der Waals surface area contributed by atoms with Crippen LogP contribution in [0.15, 0.2) is 115 Å². The van der Waals surface area contributed by atoms with Crippen LogP contribution in [-0.4, -0.2) is 6.16 Å². The molecular formula is C37H42P+. The van der Waals surface area contributed by atoms with E-state index < -0.39 is 7.26 Å². The third kappa shape index (κ3) is 4.01. The Hall–Kier alpha value is -2.95. The summed E-state index contributed by atoms with van der Waals surface area (Å²) in [5, 5.41) is 4.29. The fourth-order valence-electron chi connectivity index (χ4n) is 6.51. The summed E-state index contributed by atoms with van der Waals surface area (Å²) < 4.78 is 0. The molecule has 194 valence electrons. The molecule has 0 unspecified atom stereocenters. The predicted octanol–water partition coefficient (Wildman–Crippen LogP) is 8.68. The number of hydrogen-bond donors (Lipinski definition) is 0. The Morgan fingerprint density at radius 1 is 0.579 bits per heavy atom. The lowest BCUT2D eigenvalue weighted by atomic mass is 9.59. The van der Waals surface area contributed by atoms with E-state index in [1.54, 1.807) is 0 Å². The van der Waals surface area contributed by atoms with Crippen molar-refractivity contribution >= 4 is 28.7 Å². The van der Waals surface area contributed by atoms with Crippen LogP contribution in [0.2, 0.25) is 0 Å². The lowest BCUT2D eigenvalue weighted by Crippen LogP contribution is -2.42. The Bertz CT molecular complexity index is 1340. The molecule has 0 nitrogen and oxygen atoms in total. The molecule has 0 radical (unpaired) electrons. The van der Waals surface area contributed by atoms with Crippen molar-refractivity contribution in [2.45, 2.75) is 59.3 Å². The third-order valence-corrected chi connectivity index (χ3v) is 14.5. The molecule has 0 heterocycles. The normalized spacial score (nSPS) is 17.7. The van der Waals surface area contributed by atoms with Crippen LogP contribution < -0.4 is 15.9 Å². The first-order valence-corrected chi connectivity index (χ1v) is 15.9. The zero-order chi connectivity index (χ0) is 27.2. The first-order chi connectivity index (χ1) is 18.0. The minimum atomic E-state index is -1.89. The Balaban J connectivity index is 1.64. The van der Waals surface area contributed by atoms with Crippen molar-refractivity contribution in [1.29, 1.82) is 0 Å². The van der Waals surface area contributed by atoms with Gasteiger partial charge in [0, 0.05) is 0 Å². The molecule has 0 aromatic heterocycles. The number of fused-ring (bicyclic) bond motifs is 1. The van der Waals surface area contributed by atoms with Crippen LogP contribution in [0, 0.1) is 5.41 Å². The van der Waals surface area contributed by atoms with E-state index in [1.807, 2.05) is 0 Å². The van der Waals surface area contributed by atoms with Gasteiger partial charge in [0.05, 0.1) is 6.16 Å². The molecule has 5 rings (SSSR count). The smallest absolute Gasteiger partial charge is 0.0620 e. The van der Waals surface area contributed by atoms with Gasteiger partial charge < -0.3 is 0 Å². The summed E-state index contributed by atoms with van der Waals surface area (Å²) in [6, 6.07) is 40.8. The van der Waals surface area contributed by atoms with Gasteiger partial charge in [0.1, 0.15) is 23.2 Å². The van der Waals surface area contributed by atoms with Crippen LogP contribution in [0.5, 0.6) is 0 Å². The second-order valence-electron chi connectivity index (χ2n) is 12.5. The Labute approximate surface area is 231 Å². The summed E-state index contributed by atoms with van der Waals surface area (Å²) in [7, 11) is -1.89. The van der Waals surface area contributed by atoms with Crippen molar-refractivity contribution in [2.75, 3.05) is 6.16 Å². The molecule has 1 heteroatoms. The monoisotopic (exact) mass is 517 g/mol. The second-order valence-corrected chi connectivity index (χ2v) is 16.1. The lowest BCUT2D eigenvalue weighted by Gasteiger charge is -2.44. The molecule has 1 aliphatic carbocycles. The number of hydrogen-bond acceptors (Lipinski definition) is 0. The highest BCUT2D eigenvalue weighted by Crippen LogP contribution is 2.61. The highest BCUT2D eigenvalue weighted by molar-refractivity contribution is 7.95. The van der Waals surface area contributed by atoms with Crippen LogP contribution in [0.1, 0.15) is 65.2 Å². The second kappa shape index (κ2) is 9.66. The average Bonchev–Trinajstić information content (AvgIpc) is 3.04. The summed E-state index contributed by atoms with van der Waals surface area (Å²) in [4.78, 5) is 0. The number of benzene rings is 4. The summed E-state index contributed by atoms with van der Waals surface area (Å²) in [6.45, 7) is 16.9. The highest BCUT2D eigenvalue weighted by Gasteiger charge is 2.56. The van der Waals surface area contributed by atoms with Gasteiger partial charge in [-0.2, -0.15) is 0 Å². The molecule has 0 atom stereocenters. The van der Waals surface area contributed by atoms with Gasteiger partial charge in [-0.3, -0.25) is 0 Å². The van der Waals surface area contributed by atoms with Crippen molar-refractivity contribution in [2.24, 2.45) is 5.41 Å². The molecule has 0 fully saturated rings. The van der Waals surface area contributed by atoms with E-state index in [0.29, 0.717) is 0 Å². The molecule has 4 aromatic rings. The van der Waals surface area contributed by atoms with Crippen molar-refractivity contribution in [3.63, 3.8) is 0 Å². The molecule has 0 spiro atoms. The van der Waals surface area contributed by atoms with Crippen molar-refractivity contribution < 1.29 is 0 Å². The Morgan fingerprint density at radius 2 is 1.00 bits per heavy atom. The molecule has 0 N–H and O–H groups in total. The molecular weight excluding hydrogens is 475 g/mol. The standard InChI is InChI=1S/C37H42P/c1-28(29-23-24-33-34(27-29)36(4,5)37(6,7)35(33,2)3)25-26-38(30-17-11-8-12-18-30,31-19-13-9-14-20-31)32-21-15-10-16-22-32/h8-25,27H,26H2,1-7H3/q+1/b28-25+. The van der Waals surface area contributed by atoms with Gasteiger partial charge in [0.15, 0.2) is 0 Å². The quantitative estimate of drug-likeness (QED) is 0.224. The van der Waals surface area contributed by atoms with Crippen molar-refractivity contribution in [3.05, 3.63) is 132 Å². The third-order valence-electron chi connectivity index (χ3n) is 10.2. The fourth-order valence-corrected chi connectivity index (χ4v) is 10.6. The van der Waals surface area contributed by atoms with E-state index in [-0.39, 0.29) is 16.2 Å². The van der Waals surface area contributed by atoms with E-state index in [1.165, 1.54) is 38.2 Å². The number of rotatable bonds is 6. The molecule has 0 saturated heterocycles. The maximum atomic E-state index is 2.51. The average molecular weight is 518 g/mol. The highest BCUT2D eigenvalue weighted by atomic mass is 31.2. The maximum Gasteiger partial charge on any atom is 0.115 e. The summed E-state index contributed by atoms with van der Waals surface area (Å²) in [5.41, 5.74) is 6.13. The van der Waals surface area contributed by atoms with Gasteiger partial charge in [-0.25, -0.2) is 0 Å². The Kier molecular flexibility index (Phi) is 6.77. The summed E-state index contributed by atoms with van der Waals surface area (Å²) in [6.07, 6.45) is 3.51. The maximum absolute atomic E-state index is 2.51. The zero-order valence-electron chi connectivity index (χ0n) is 24.1. The fraction of sp³-hybridized carbons (Fsp3) is 0.297. The van der Waals surface area contributed by atoms with Gasteiger partial charge in [-0.05, 0) is 87.9 Å². The van der Waals surface area contributed by atoms with E-state index in [0.717, 1.165) is 6.16 Å². The van der Waals surface area contributed by atoms with Gasteiger partial charge in [-0.1, -0.05) is 114 Å². The van der Waals surface area contributed by atoms with Crippen LogP contribution in [-0.2, 0) is 10.8 Å². The largest absolute Gasteiger partial charge is 0.115 e. The predicted molar refractivity (Wildman–Crippen MR) is 170 cm³/mol. The summed E-state index contributed by atoms with van der Waals surface area (Å²) in [5.74, 6) is 0. The molecule has 4 aromatic carbocycles. The van der Waals surface area contributed by atoms with Gasteiger partial charge in [-0.15, -0.1) is 0 Å². The topological polar surface area (TPSA) is 0 Å². The molecule has 0 saturated carbocycles. The van der Waals surface area contributed by atoms with E-state index >= 15 is 0 Å².